The van der Waals surface area contributed by atoms with E-state index in [9.17, 15) is 4.79 Å². The van der Waals surface area contributed by atoms with Crippen LogP contribution in [0.15, 0.2) is 18.2 Å². The second-order valence-electron chi connectivity index (χ2n) is 5.42. The molecule has 1 atom stereocenters. The highest BCUT2D eigenvalue weighted by molar-refractivity contribution is 5.92. The van der Waals surface area contributed by atoms with Gasteiger partial charge in [0.05, 0.1) is 6.61 Å². The molecule has 1 fully saturated rings. The molecule has 0 radical (unpaired) electrons. The summed E-state index contributed by atoms with van der Waals surface area (Å²) < 4.78 is 0. The number of nitrogens with one attached hydrogen (secondary N) is 1. The fourth-order valence-corrected chi connectivity index (χ4v) is 2.16. The monoisotopic (exact) mass is 271 g/mol. The van der Waals surface area contributed by atoms with E-state index in [1.54, 1.807) is 0 Å². The first-order valence-corrected chi connectivity index (χ1v) is 7.13. The number of anilines is 1. The molecule has 0 bridgehead atoms. The summed E-state index contributed by atoms with van der Waals surface area (Å²) in [5.74, 6) is 6.70. The molecular formula is C17H21NO2. The summed E-state index contributed by atoms with van der Waals surface area (Å²) in [7, 11) is 0. The van der Waals surface area contributed by atoms with Crippen LogP contribution in [-0.4, -0.2) is 17.6 Å². The lowest BCUT2D eigenvalue weighted by Gasteiger charge is -2.12. The zero-order chi connectivity index (χ0) is 14.5. The lowest BCUT2D eigenvalue weighted by Crippen LogP contribution is -2.21. The van der Waals surface area contributed by atoms with Crippen LogP contribution < -0.4 is 5.32 Å². The molecule has 2 N–H and O–H groups in total. The van der Waals surface area contributed by atoms with E-state index in [0.717, 1.165) is 16.8 Å². The molecule has 1 amide bonds. The summed E-state index contributed by atoms with van der Waals surface area (Å²) in [6.07, 6.45) is 2.83. The molecule has 0 aromatic heterocycles. The molecule has 3 nitrogen and oxygen atoms in total. The van der Waals surface area contributed by atoms with Crippen molar-refractivity contribution in [3.05, 3.63) is 29.3 Å². The van der Waals surface area contributed by atoms with Crippen LogP contribution in [0.4, 0.5) is 5.69 Å². The van der Waals surface area contributed by atoms with E-state index in [4.69, 9.17) is 5.11 Å². The number of aryl methyl sites for hydroxylation is 1. The number of benzene rings is 1. The Morgan fingerprint density at radius 3 is 2.85 bits per heavy atom. The summed E-state index contributed by atoms with van der Waals surface area (Å²) in [5, 5.41) is 11.7. The molecule has 0 saturated heterocycles. The normalized spacial score (nSPS) is 15.2. The molecule has 0 spiro atoms. The third-order valence-corrected chi connectivity index (χ3v) is 3.70. The Kier molecular flexibility index (Phi) is 4.81. The van der Waals surface area contributed by atoms with Crippen LogP contribution in [-0.2, 0) is 4.79 Å². The summed E-state index contributed by atoms with van der Waals surface area (Å²) in [5.41, 5.74) is 2.80. The van der Waals surface area contributed by atoms with Gasteiger partial charge in [-0.1, -0.05) is 18.8 Å². The van der Waals surface area contributed by atoms with E-state index in [-0.39, 0.29) is 18.4 Å². The van der Waals surface area contributed by atoms with E-state index in [2.05, 4.69) is 17.2 Å². The molecule has 1 aromatic rings. The average molecular weight is 271 g/mol. The Balaban J connectivity index is 2.01. The van der Waals surface area contributed by atoms with Gasteiger partial charge in [-0.05, 0) is 49.4 Å². The lowest BCUT2D eigenvalue weighted by atomic mass is 10.0. The molecule has 1 aliphatic rings. The molecule has 1 aliphatic carbocycles. The second-order valence-corrected chi connectivity index (χ2v) is 5.42. The number of aliphatic hydroxyl groups excluding tert-OH is 1. The van der Waals surface area contributed by atoms with E-state index in [1.165, 1.54) is 12.8 Å². The van der Waals surface area contributed by atoms with Crippen molar-refractivity contribution in [3.63, 3.8) is 0 Å². The quantitative estimate of drug-likeness (QED) is 0.827. The molecule has 1 unspecified atom stereocenters. The van der Waals surface area contributed by atoms with Gasteiger partial charge in [-0.3, -0.25) is 4.79 Å². The Bertz CT molecular complexity index is 550. The third-order valence-electron chi connectivity index (χ3n) is 3.70. The first kappa shape index (κ1) is 14.6. The Labute approximate surface area is 120 Å². The number of carbonyl (C=O) groups is 1. The molecule has 0 aliphatic heterocycles. The predicted molar refractivity (Wildman–Crippen MR) is 80.3 cm³/mol. The number of hydrogen-bond acceptors (Lipinski definition) is 2. The zero-order valence-electron chi connectivity index (χ0n) is 12.1. The fourth-order valence-electron chi connectivity index (χ4n) is 2.16. The van der Waals surface area contributed by atoms with Crippen molar-refractivity contribution in [2.45, 2.75) is 33.1 Å². The summed E-state index contributed by atoms with van der Waals surface area (Å²) in [6, 6.07) is 5.74. The van der Waals surface area contributed by atoms with Gasteiger partial charge < -0.3 is 10.4 Å². The molecule has 20 heavy (non-hydrogen) atoms. The molecule has 1 aromatic carbocycles. The van der Waals surface area contributed by atoms with Gasteiger partial charge in [-0.15, -0.1) is 0 Å². The zero-order valence-corrected chi connectivity index (χ0v) is 12.1. The predicted octanol–water partition coefficient (Wildman–Crippen LogP) is 2.71. The van der Waals surface area contributed by atoms with Gasteiger partial charge in [-0.25, -0.2) is 0 Å². The van der Waals surface area contributed by atoms with E-state index < -0.39 is 0 Å². The highest BCUT2D eigenvalue weighted by Gasteiger charge is 2.32. The lowest BCUT2D eigenvalue weighted by molar-refractivity contribution is -0.119. The van der Waals surface area contributed by atoms with Crippen LogP contribution in [0.3, 0.4) is 0 Å². The Morgan fingerprint density at radius 1 is 1.50 bits per heavy atom. The standard InChI is InChI=1S/C17H21NO2/c1-12-11-16(9-8-14(12)5-3-4-10-19)18-17(20)13(2)15-6-7-15/h8-9,11,13,15,19H,4,6-7,10H2,1-2H3,(H,18,20). The van der Waals surface area contributed by atoms with Gasteiger partial charge in [0, 0.05) is 23.6 Å². The maximum absolute atomic E-state index is 12.0. The van der Waals surface area contributed by atoms with Gasteiger partial charge >= 0.3 is 0 Å². The number of amides is 1. The molecular weight excluding hydrogens is 250 g/mol. The highest BCUT2D eigenvalue weighted by Crippen LogP contribution is 2.37. The maximum atomic E-state index is 12.0. The van der Waals surface area contributed by atoms with Crippen molar-refractivity contribution in [1.29, 1.82) is 0 Å². The second kappa shape index (κ2) is 6.58. The van der Waals surface area contributed by atoms with Crippen molar-refractivity contribution in [2.75, 3.05) is 11.9 Å². The smallest absolute Gasteiger partial charge is 0.227 e. The van der Waals surface area contributed by atoms with Crippen molar-refractivity contribution < 1.29 is 9.90 Å². The van der Waals surface area contributed by atoms with Crippen molar-refractivity contribution in [2.24, 2.45) is 11.8 Å². The number of aliphatic hydroxyl groups is 1. The van der Waals surface area contributed by atoms with Crippen molar-refractivity contribution in [1.82, 2.24) is 0 Å². The highest BCUT2D eigenvalue weighted by atomic mass is 16.2. The molecule has 106 valence electrons. The maximum Gasteiger partial charge on any atom is 0.227 e. The summed E-state index contributed by atoms with van der Waals surface area (Å²) in [4.78, 5) is 12.0. The van der Waals surface area contributed by atoms with E-state index in [0.29, 0.717) is 12.3 Å². The first-order valence-electron chi connectivity index (χ1n) is 7.13. The van der Waals surface area contributed by atoms with Crippen LogP contribution in [0.1, 0.15) is 37.3 Å². The Hall–Kier alpha value is -1.79. The van der Waals surface area contributed by atoms with Crippen LogP contribution in [0.25, 0.3) is 0 Å². The molecule has 0 heterocycles. The molecule has 3 heteroatoms. The minimum Gasteiger partial charge on any atom is -0.395 e. The van der Waals surface area contributed by atoms with Gasteiger partial charge in [-0.2, -0.15) is 0 Å². The van der Waals surface area contributed by atoms with Crippen LogP contribution in [0.5, 0.6) is 0 Å². The third kappa shape index (κ3) is 3.85. The Morgan fingerprint density at radius 2 is 2.25 bits per heavy atom. The fraction of sp³-hybridized carbons (Fsp3) is 0.471. The summed E-state index contributed by atoms with van der Waals surface area (Å²) in [6.45, 7) is 4.05. The minimum atomic E-state index is 0.0826. The topological polar surface area (TPSA) is 49.3 Å². The van der Waals surface area contributed by atoms with E-state index >= 15 is 0 Å². The average Bonchev–Trinajstić information content (AvgIpc) is 3.25. The van der Waals surface area contributed by atoms with Crippen LogP contribution >= 0.6 is 0 Å². The van der Waals surface area contributed by atoms with Gasteiger partial charge in [0.25, 0.3) is 0 Å². The van der Waals surface area contributed by atoms with Crippen molar-refractivity contribution in [3.8, 4) is 11.8 Å². The number of carbonyl (C=O) groups excluding carboxylic acids is 1. The van der Waals surface area contributed by atoms with Gasteiger partial charge in [0.2, 0.25) is 5.91 Å². The van der Waals surface area contributed by atoms with Crippen LogP contribution in [0.2, 0.25) is 0 Å². The van der Waals surface area contributed by atoms with Gasteiger partial charge in [0.15, 0.2) is 0 Å². The first-order chi connectivity index (χ1) is 9.61. The molecule has 2 rings (SSSR count). The van der Waals surface area contributed by atoms with Crippen LogP contribution in [0, 0.1) is 30.6 Å². The van der Waals surface area contributed by atoms with Gasteiger partial charge in [0.1, 0.15) is 0 Å². The SMILES string of the molecule is Cc1cc(NC(=O)C(C)C2CC2)ccc1C#CCCO. The minimum absolute atomic E-state index is 0.0826. The largest absolute Gasteiger partial charge is 0.395 e. The number of rotatable bonds is 4. The van der Waals surface area contributed by atoms with E-state index in [1.807, 2.05) is 32.0 Å². The molecule has 1 saturated carbocycles. The van der Waals surface area contributed by atoms with Crippen molar-refractivity contribution >= 4 is 11.6 Å². The number of hydrogen-bond donors (Lipinski definition) is 2. The summed E-state index contributed by atoms with van der Waals surface area (Å²) >= 11 is 0.